The number of hydrogen-bond acceptors (Lipinski definition) is 8. The first-order chi connectivity index (χ1) is 12.3. The van der Waals surface area contributed by atoms with Crippen LogP contribution in [0.25, 0.3) is 0 Å². The van der Waals surface area contributed by atoms with Gasteiger partial charge in [-0.25, -0.2) is 0 Å². The molecule has 4 N–H and O–H groups in total. The maximum Gasteiger partial charge on any atom is 0.308 e. The smallest absolute Gasteiger partial charge is 0.308 e. The van der Waals surface area contributed by atoms with E-state index in [9.17, 15) is 20.1 Å². The molecule has 1 fully saturated rings. The van der Waals surface area contributed by atoms with E-state index in [1.54, 1.807) is 12.1 Å². The van der Waals surface area contributed by atoms with Gasteiger partial charge in [-0.2, -0.15) is 0 Å². The van der Waals surface area contributed by atoms with Gasteiger partial charge in [0.15, 0.2) is 0 Å². The van der Waals surface area contributed by atoms with Crippen LogP contribution in [0.5, 0.6) is 5.75 Å². The molecule has 0 saturated carbocycles. The third-order valence-electron chi connectivity index (χ3n) is 3.77. The van der Waals surface area contributed by atoms with Crippen LogP contribution in [-0.4, -0.2) is 70.3 Å². The van der Waals surface area contributed by atoms with Crippen LogP contribution in [-0.2, 0) is 14.3 Å². The third kappa shape index (κ3) is 5.43. The minimum Gasteiger partial charge on any atom is -0.492 e. The van der Waals surface area contributed by atoms with Crippen LogP contribution in [0.2, 0.25) is 10.0 Å². The molecule has 1 saturated heterocycles. The fraction of sp³-hybridized carbons (Fsp3) is 0.562. The van der Waals surface area contributed by atoms with Crippen LogP contribution in [0.1, 0.15) is 12.8 Å². The number of carbonyl (C=O) groups is 1. The molecule has 1 aliphatic heterocycles. The van der Waals surface area contributed by atoms with Crippen LogP contribution in [0.4, 0.5) is 0 Å². The van der Waals surface area contributed by atoms with Gasteiger partial charge in [0.2, 0.25) is 6.29 Å². The maximum absolute atomic E-state index is 11.8. The van der Waals surface area contributed by atoms with Crippen molar-refractivity contribution in [2.75, 3.05) is 13.2 Å². The van der Waals surface area contributed by atoms with E-state index >= 15 is 0 Å². The van der Waals surface area contributed by atoms with E-state index in [0.29, 0.717) is 22.2 Å². The molecule has 2 rings (SSSR count). The Morgan fingerprint density at radius 1 is 1.15 bits per heavy atom. The van der Waals surface area contributed by atoms with Gasteiger partial charge in [0.25, 0.3) is 0 Å². The number of benzene rings is 1. The molecule has 146 valence electrons. The summed E-state index contributed by atoms with van der Waals surface area (Å²) < 4.78 is 15.5. The van der Waals surface area contributed by atoms with E-state index in [-0.39, 0.29) is 13.0 Å². The molecule has 8 nitrogen and oxygen atoms in total. The number of carbonyl (C=O) groups excluding carboxylic acids is 1. The molecule has 0 aromatic heterocycles. The van der Waals surface area contributed by atoms with E-state index in [1.165, 1.54) is 6.07 Å². The summed E-state index contributed by atoms with van der Waals surface area (Å²) in [5, 5.41) is 39.0. The second kappa shape index (κ2) is 9.70. The molecule has 0 spiro atoms. The van der Waals surface area contributed by atoms with Crippen LogP contribution < -0.4 is 4.74 Å². The van der Waals surface area contributed by atoms with Gasteiger partial charge < -0.3 is 34.6 Å². The number of ether oxygens (including phenoxy) is 3. The lowest BCUT2D eigenvalue weighted by Crippen LogP contribution is -2.59. The molecule has 26 heavy (non-hydrogen) atoms. The highest BCUT2D eigenvalue weighted by atomic mass is 35.5. The lowest BCUT2D eigenvalue weighted by Gasteiger charge is -2.39. The molecule has 10 heteroatoms. The number of esters is 1. The minimum absolute atomic E-state index is 0.0414. The number of hydrogen-bond donors (Lipinski definition) is 4. The Labute approximate surface area is 159 Å². The van der Waals surface area contributed by atoms with Crippen LogP contribution in [0, 0.1) is 0 Å². The largest absolute Gasteiger partial charge is 0.492 e. The van der Waals surface area contributed by atoms with Crippen molar-refractivity contribution in [2.24, 2.45) is 0 Å². The number of halogens is 2. The highest BCUT2D eigenvalue weighted by Gasteiger charge is 2.45. The molecule has 1 aromatic rings. The van der Waals surface area contributed by atoms with Gasteiger partial charge in [0, 0.05) is 11.4 Å². The fourth-order valence-corrected chi connectivity index (χ4v) is 2.81. The van der Waals surface area contributed by atoms with E-state index < -0.39 is 43.3 Å². The van der Waals surface area contributed by atoms with Gasteiger partial charge in [-0.1, -0.05) is 23.2 Å². The second-order valence-corrected chi connectivity index (χ2v) is 6.56. The molecule has 1 heterocycles. The average Bonchev–Trinajstić information content (AvgIpc) is 2.60. The molecule has 0 radical (unpaired) electrons. The normalized spacial score (nSPS) is 28.6. The molecule has 5 unspecified atom stereocenters. The zero-order chi connectivity index (χ0) is 19.3. The molecule has 1 aromatic carbocycles. The van der Waals surface area contributed by atoms with E-state index in [0.717, 1.165) is 0 Å². The average molecular weight is 411 g/mol. The van der Waals surface area contributed by atoms with Gasteiger partial charge in [-0.05, 0) is 24.6 Å². The number of aliphatic hydroxyl groups excluding tert-OH is 4. The van der Waals surface area contributed by atoms with Crippen molar-refractivity contribution in [3.63, 3.8) is 0 Å². The highest BCUT2D eigenvalue weighted by molar-refractivity contribution is 6.35. The van der Waals surface area contributed by atoms with Crippen LogP contribution >= 0.6 is 23.2 Å². The molecule has 1 aliphatic rings. The summed E-state index contributed by atoms with van der Waals surface area (Å²) in [7, 11) is 0. The van der Waals surface area contributed by atoms with Crippen molar-refractivity contribution in [1.29, 1.82) is 0 Å². The lowest BCUT2D eigenvalue weighted by atomic mass is 9.99. The molecular weight excluding hydrogens is 391 g/mol. The van der Waals surface area contributed by atoms with E-state index in [4.69, 9.17) is 42.5 Å². The van der Waals surface area contributed by atoms with Crippen molar-refractivity contribution in [2.45, 2.75) is 43.5 Å². The van der Waals surface area contributed by atoms with Crippen LogP contribution in [0.3, 0.4) is 0 Å². The van der Waals surface area contributed by atoms with Crippen molar-refractivity contribution in [1.82, 2.24) is 0 Å². The predicted octanol–water partition coefficient (Wildman–Crippen LogP) is 0.495. The Hall–Kier alpha value is -1.13. The number of rotatable bonds is 7. The summed E-state index contributed by atoms with van der Waals surface area (Å²) in [5.41, 5.74) is 0. The first kappa shape index (κ1) is 21.2. The van der Waals surface area contributed by atoms with Gasteiger partial charge in [-0.3, -0.25) is 4.79 Å². The van der Waals surface area contributed by atoms with Crippen molar-refractivity contribution in [3.05, 3.63) is 28.2 Å². The minimum atomic E-state index is -1.62. The molecule has 0 aliphatic carbocycles. The Kier molecular flexibility index (Phi) is 7.90. The fourth-order valence-electron chi connectivity index (χ4n) is 2.34. The second-order valence-electron chi connectivity index (χ2n) is 5.71. The van der Waals surface area contributed by atoms with Gasteiger partial charge in [0.05, 0.1) is 18.2 Å². The summed E-state index contributed by atoms with van der Waals surface area (Å²) in [6, 6.07) is 4.76. The van der Waals surface area contributed by atoms with Gasteiger partial charge in [0.1, 0.15) is 30.2 Å². The first-order valence-corrected chi connectivity index (χ1v) is 8.67. The molecule has 0 amide bonds. The highest BCUT2D eigenvalue weighted by Crippen LogP contribution is 2.27. The Morgan fingerprint density at radius 2 is 1.88 bits per heavy atom. The van der Waals surface area contributed by atoms with Gasteiger partial charge >= 0.3 is 5.97 Å². The third-order valence-corrected chi connectivity index (χ3v) is 4.30. The topological polar surface area (TPSA) is 126 Å². The SMILES string of the molecule is O=C(CCCOc1ccc(Cl)cc1Cl)OC1OC(CO)C(O)C(O)C1O. The first-order valence-electron chi connectivity index (χ1n) is 7.91. The Morgan fingerprint density at radius 3 is 2.54 bits per heavy atom. The van der Waals surface area contributed by atoms with Crippen molar-refractivity contribution >= 4 is 29.2 Å². The monoisotopic (exact) mass is 410 g/mol. The summed E-state index contributed by atoms with van der Waals surface area (Å²) >= 11 is 11.7. The van der Waals surface area contributed by atoms with Crippen molar-refractivity contribution in [3.8, 4) is 5.75 Å². The van der Waals surface area contributed by atoms with E-state index in [1.807, 2.05) is 0 Å². The van der Waals surface area contributed by atoms with E-state index in [2.05, 4.69) is 0 Å². The zero-order valence-corrected chi connectivity index (χ0v) is 15.1. The quantitative estimate of drug-likeness (QED) is 0.378. The summed E-state index contributed by atoms with van der Waals surface area (Å²) in [5.74, 6) is -0.265. The molecular formula is C16H20Cl2O8. The Balaban J connectivity index is 1.76. The summed E-state index contributed by atoms with van der Waals surface area (Å²) in [4.78, 5) is 11.8. The Bertz CT molecular complexity index is 612. The number of aliphatic hydroxyl groups is 4. The maximum atomic E-state index is 11.8. The predicted molar refractivity (Wildman–Crippen MR) is 91.1 cm³/mol. The lowest BCUT2D eigenvalue weighted by molar-refractivity contribution is -0.292. The zero-order valence-electron chi connectivity index (χ0n) is 13.6. The molecule has 5 atom stereocenters. The van der Waals surface area contributed by atoms with Crippen LogP contribution in [0.15, 0.2) is 18.2 Å². The molecule has 0 bridgehead atoms. The summed E-state index contributed by atoms with van der Waals surface area (Å²) in [6.07, 6.45) is -7.10. The van der Waals surface area contributed by atoms with Crippen molar-refractivity contribution < 1.29 is 39.4 Å². The van der Waals surface area contributed by atoms with Gasteiger partial charge in [-0.15, -0.1) is 0 Å². The standard InChI is InChI=1S/C16H20Cl2O8/c17-8-3-4-10(9(18)6-8)24-5-1-2-12(20)26-16-15(23)14(22)13(21)11(7-19)25-16/h3-4,6,11,13-16,19,21-23H,1-2,5,7H2. The summed E-state index contributed by atoms with van der Waals surface area (Å²) in [6.45, 7) is -0.417.